The molecule has 0 radical (unpaired) electrons. The van der Waals surface area contributed by atoms with Gasteiger partial charge in [-0.2, -0.15) is 4.98 Å². The predicted octanol–water partition coefficient (Wildman–Crippen LogP) is 3.99. The number of aromatic nitrogens is 2. The van der Waals surface area contributed by atoms with Crippen molar-refractivity contribution in [1.29, 1.82) is 0 Å². The van der Waals surface area contributed by atoms with E-state index in [1.165, 1.54) is 24.3 Å². The van der Waals surface area contributed by atoms with Gasteiger partial charge >= 0.3 is 0 Å². The number of hydrogen-bond acceptors (Lipinski definition) is 5. The van der Waals surface area contributed by atoms with Gasteiger partial charge in [0.25, 0.3) is 11.8 Å². The van der Waals surface area contributed by atoms with Gasteiger partial charge in [-0.15, -0.1) is 0 Å². The number of amides is 1. The molecule has 0 saturated carbocycles. The quantitative estimate of drug-likeness (QED) is 0.742. The van der Waals surface area contributed by atoms with Crippen LogP contribution in [0.15, 0.2) is 53.1 Å². The fourth-order valence-corrected chi connectivity index (χ4v) is 3.52. The van der Waals surface area contributed by atoms with Crippen molar-refractivity contribution in [2.75, 3.05) is 6.54 Å². The average Bonchev–Trinajstić information content (AvgIpc) is 3.19. The van der Waals surface area contributed by atoms with E-state index in [4.69, 9.17) is 4.52 Å². The van der Waals surface area contributed by atoms with Crippen LogP contribution in [-0.2, 0) is 0 Å². The maximum atomic E-state index is 13.2. The number of phenols is 1. The molecule has 0 bridgehead atoms. The SMILES string of the molecule is C[C@@H]1CC[C@H](c2noc(-c3ccccc3O)n2)CN1C(=O)c1ccc(F)cc1. The number of carbonyl (C=O) groups is 1. The van der Waals surface area contributed by atoms with Gasteiger partial charge < -0.3 is 14.5 Å². The van der Waals surface area contributed by atoms with Crippen LogP contribution in [0.3, 0.4) is 0 Å². The van der Waals surface area contributed by atoms with E-state index < -0.39 is 0 Å². The van der Waals surface area contributed by atoms with Crippen molar-refractivity contribution in [3.63, 3.8) is 0 Å². The van der Waals surface area contributed by atoms with Gasteiger partial charge in [-0.3, -0.25) is 4.79 Å². The smallest absolute Gasteiger partial charge is 0.261 e. The highest BCUT2D eigenvalue weighted by Gasteiger charge is 2.33. The Hall–Kier alpha value is -3.22. The summed E-state index contributed by atoms with van der Waals surface area (Å²) in [7, 11) is 0. The molecular formula is C21H20FN3O3. The monoisotopic (exact) mass is 381 g/mol. The number of aromatic hydroxyl groups is 1. The number of benzene rings is 2. The van der Waals surface area contributed by atoms with E-state index in [9.17, 15) is 14.3 Å². The van der Waals surface area contributed by atoms with Crippen LogP contribution in [0.4, 0.5) is 4.39 Å². The molecule has 2 heterocycles. The second kappa shape index (κ2) is 7.42. The van der Waals surface area contributed by atoms with Gasteiger partial charge in [-0.05, 0) is 56.2 Å². The largest absolute Gasteiger partial charge is 0.507 e. The van der Waals surface area contributed by atoms with Gasteiger partial charge in [0.15, 0.2) is 5.82 Å². The molecule has 1 aliphatic heterocycles. The molecule has 3 aromatic rings. The van der Waals surface area contributed by atoms with Crippen molar-refractivity contribution in [3.05, 3.63) is 65.7 Å². The van der Waals surface area contributed by atoms with Crippen molar-refractivity contribution in [1.82, 2.24) is 15.0 Å². The summed E-state index contributed by atoms with van der Waals surface area (Å²) in [4.78, 5) is 19.1. The van der Waals surface area contributed by atoms with Gasteiger partial charge in [0, 0.05) is 24.1 Å². The highest BCUT2D eigenvalue weighted by molar-refractivity contribution is 5.94. The number of phenolic OH excluding ortho intramolecular Hbond substituents is 1. The molecule has 1 N–H and O–H groups in total. The molecule has 4 rings (SSSR count). The zero-order chi connectivity index (χ0) is 19.7. The maximum Gasteiger partial charge on any atom is 0.261 e. The Morgan fingerprint density at radius 1 is 1.18 bits per heavy atom. The Morgan fingerprint density at radius 2 is 1.93 bits per heavy atom. The van der Waals surface area contributed by atoms with E-state index >= 15 is 0 Å². The van der Waals surface area contributed by atoms with Gasteiger partial charge in [-0.25, -0.2) is 4.39 Å². The molecule has 1 aliphatic rings. The Bertz CT molecular complexity index is 987. The molecule has 2 atom stereocenters. The van der Waals surface area contributed by atoms with Crippen LogP contribution >= 0.6 is 0 Å². The average molecular weight is 381 g/mol. The lowest BCUT2D eigenvalue weighted by molar-refractivity contribution is 0.0604. The first-order valence-electron chi connectivity index (χ1n) is 9.21. The number of piperidine rings is 1. The summed E-state index contributed by atoms with van der Waals surface area (Å²) in [5.41, 5.74) is 0.932. The van der Waals surface area contributed by atoms with Crippen LogP contribution in [0.1, 0.15) is 41.9 Å². The van der Waals surface area contributed by atoms with Crippen molar-refractivity contribution in [2.24, 2.45) is 0 Å². The molecule has 0 spiro atoms. The predicted molar refractivity (Wildman–Crippen MR) is 100 cm³/mol. The third-order valence-electron chi connectivity index (χ3n) is 5.18. The molecule has 7 heteroatoms. The van der Waals surface area contributed by atoms with Crippen LogP contribution < -0.4 is 0 Å². The Kier molecular flexibility index (Phi) is 4.81. The van der Waals surface area contributed by atoms with E-state index in [1.54, 1.807) is 29.2 Å². The van der Waals surface area contributed by atoms with Gasteiger partial charge in [0.2, 0.25) is 0 Å². The lowest BCUT2D eigenvalue weighted by Crippen LogP contribution is -2.45. The highest BCUT2D eigenvalue weighted by atomic mass is 19.1. The third kappa shape index (κ3) is 3.47. The van der Waals surface area contributed by atoms with E-state index in [0.29, 0.717) is 23.5 Å². The molecule has 144 valence electrons. The molecule has 28 heavy (non-hydrogen) atoms. The molecule has 0 unspecified atom stereocenters. The number of nitrogens with zero attached hydrogens (tertiary/aromatic N) is 3. The number of para-hydroxylation sites is 1. The van der Waals surface area contributed by atoms with Gasteiger partial charge in [0.05, 0.1) is 5.56 Å². The second-order valence-corrected chi connectivity index (χ2v) is 7.06. The molecule has 1 saturated heterocycles. The Labute approximate surface area is 161 Å². The summed E-state index contributed by atoms with van der Waals surface area (Å²) >= 11 is 0. The minimum Gasteiger partial charge on any atom is -0.507 e. The second-order valence-electron chi connectivity index (χ2n) is 7.06. The Morgan fingerprint density at radius 3 is 2.68 bits per heavy atom. The fraction of sp³-hybridized carbons (Fsp3) is 0.286. The third-order valence-corrected chi connectivity index (χ3v) is 5.18. The number of likely N-dealkylation sites (tertiary alicyclic amines) is 1. The first-order valence-corrected chi connectivity index (χ1v) is 9.21. The van der Waals surface area contributed by atoms with Crippen LogP contribution in [0.2, 0.25) is 0 Å². The fourth-order valence-electron chi connectivity index (χ4n) is 3.52. The summed E-state index contributed by atoms with van der Waals surface area (Å²) in [5.74, 6) is 0.267. The van der Waals surface area contributed by atoms with Crippen LogP contribution in [-0.4, -0.2) is 38.6 Å². The van der Waals surface area contributed by atoms with E-state index in [2.05, 4.69) is 10.1 Å². The van der Waals surface area contributed by atoms with Crippen molar-refractivity contribution < 1.29 is 18.8 Å². The highest BCUT2D eigenvalue weighted by Crippen LogP contribution is 2.32. The molecule has 1 aromatic heterocycles. The molecule has 6 nitrogen and oxygen atoms in total. The maximum absolute atomic E-state index is 13.2. The first-order chi connectivity index (χ1) is 13.5. The zero-order valence-corrected chi connectivity index (χ0v) is 15.4. The van der Waals surface area contributed by atoms with Crippen molar-refractivity contribution in [2.45, 2.75) is 31.7 Å². The summed E-state index contributed by atoms with van der Waals surface area (Å²) in [5, 5.41) is 14.0. The van der Waals surface area contributed by atoms with Crippen LogP contribution in [0.25, 0.3) is 11.5 Å². The molecule has 2 aromatic carbocycles. The number of carbonyl (C=O) groups excluding carboxylic acids is 1. The van der Waals surface area contributed by atoms with Crippen molar-refractivity contribution >= 4 is 5.91 Å². The minimum absolute atomic E-state index is 0.0658. The minimum atomic E-state index is -0.371. The van der Waals surface area contributed by atoms with E-state index in [0.717, 1.165) is 12.8 Å². The lowest BCUT2D eigenvalue weighted by atomic mass is 9.92. The number of rotatable bonds is 3. The first kappa shape index (κ1) is 18.2. The summed E-state index contributed by atoms with van der Waals surface area (Å²) in [6, 6.07) is 12.4. The standard InChI is InChI=1S/C21H20FN3O3/c1-13-6-7-15(12-25(13)21(27)14-8-10-16(22)11-9-14)19-23-20(28-24-19)17-4-2-3-5-18(17)26/h2-5,8-11,13,15,26H,6-7,12H2,1H3/t13-,15+/m1/s1. The zero-order valence-electron chi connectivity index (χ0n) is 15.4. The topological polar surface area (TPSA) is 79.5 Å². The summed E-state index contributed by atoms with van der Waals surface area (Å²) < 4.78 is 18.5. The molecular weight excluding hydrogens is 361 g/mol. The summed E-state index contributed by atoms with van der Waals surface area (Å²) in [6.07, 6.45) is 1.63. The van der Waals surface area contributed by atoms with E-state index in [-0.39, 0.29) is 35.3 Å². The Balaban J connectivity index is 1.54. The number of hydrogen-bond donors (Lipinski definition) is 1. The lowest BCUT2D eigenvalue weighted by Gasteiger charge is -2.37. The molecule has 1 amide bonds. The number of halogens is 1. The molecule has 1 fully saturated rings. The molecule has 0 aliphatic carbocycles. The van der Waals surface area contributed by atoms with Crippen LogP contribution in [0, 0.1) is 5.82 Å². The summed E-state index contributed by atoms with van der Waals surface area (Å²) in [6.45, 7) is 2.46. The normalized spacial score (nSPS) is 19.6. The van der Waals surface area contributed by atoms with Gasteiger partial charge in [0.1, 0.15) is 11.6 Å². The van der Waals surface area contributed by atoms with E-state index in [1.807, 2.05) is 6.92 Å². The van der Waals surface area contributed by atoms with Crippen LogP contribution in [0.5, 0.6) is 5.75 Å². The van der Waals surface area contributed by atoms with Gasteiger partial charge in [-0.1, -0.05) is 17.3 Å². The van der Waals surface area contributed by atoms with Crippen molar-refractivity contribution in [3.8, 4) is 17.2 Å².